The van der Waals surface area contributed by atoms with Crippen LogP contribution in [0.3, 0.4) is 0 Å². The number of aromatic nitrogens is 1. The lowest BCUT2D eigenvalue weighted by Crippen LogP contribution is -2.44. The van der Waals surface area contributed by atoms with Gasteiger partial charge in [-0.1, -0.05) is 30.9 Å². The van der Waals surface area contributed by atoms with Gasteiger partial charge in [-0.25, -0.2) is 4.98 Å². The fraction of sp³-hybridized carbons (Fsp3) is 0.571. The number of pyridine rings is 1. The van der Waals surface area contributed by atoms with E-state index in [0.29, 0.717) is 17.3 Å². The third-order valence-electron chi connectivity index (χ3n) is 3.74. The molecule has 1 aromatic rings. The van der Waals surface area contributed by atoms with Crippen molar-refractivity contribution >= 4 is 23.2 Å². The summed E-state index contributed by atoms with van der Waals surface area (Å²) < 4.78 is 0. The lowest BCUT2D eigenvalue weighted by Gasteiger charge is -2.32. The van der Waals surface area contributed by atoms with Crippen LogP contribution in [0.2, 0.25) is 5.15 Å². The highest BCUT2D eigenvalue weighted by molar-refractivity contribution is 6.32. The Morgan fingerprint density at radius 2 is 2.16 bits per heavy atom. The Morgan fingerprint density at radius 3 is 2.79 bits per heavy atom. The van der Waals surface area contributed by atoms with Gasteiger partial charge in [-0.05, 0) is 31.4 Å². The highest BCUT2D eigenvalue weighted by Crippen LogP contribution is 2.30. The number of amides is 1. The third kappa shape index (κ3) is 3.67. The van der Waals surface area contributed by atoms with E-state index in [2.05, 4.69) is 10.3 Å². The van der Waals surface area contributed by atoms with Crippen LogP contribution in [0.1, 0.15) is 44.1 Å². The zero-order valence-electron chi connectivity index (χ0n) is 11.2. The van der Waals surface area contributed by atoms with Gasteiger partial charge in [0.2, 0.25) is 5.91 Å². The predicted molar refractivity (Wildman–Crippen MR) is 77.2 cm³/mol. The summed E-state index contributed by atoms with van der Waals surface area (Å²) in [5.74, 6) is -0.0811. The molecule has 0 spiro atoms. The van der Waals surface area contributed by atoms with Gasteiger partial charge < -0.3 is 11.1 Å². The number of halogens is 1. The van der Waals surface area contributed by atoms with Crippen LogP contribution in [0, 0.1) is 6.92 Å². The van der Waals surface area contributed by atoms with Crippen molar-refractivity contribution in [1.29, 1.82) is 0 Å². The first-order valence-electron chi connectivity index (χ1n) is 6.70. The van der Waals surface area contributed by atoms with Crippen molar-refractivity contribution in [2.24, 2.45) is 5.73 Å². The molecule has 2 rings (SSSR count). The Kier molecular flexibility index (Phi) is 4.42. The maximum atomic E-state index is 12.1. The topological polar surface area (TPSA) is 68.0 Å². The third-order valence-corrected chi connectivity index (χ3v) is 4.03. The first-order valence-corrected chi connectivity index (χ1v) is 7.08. The van der Waals surface area contributed by atoms with Crippen LogP contribution < -0.4 is 11.1 Å². The van der Waals surface area contributed by atoms with Gasteiger partial charge in [0, 0.05) is 18.2 Å². The van der Waals surface area contributed by atoms with E-state index in [-0.39, 0.29) is 11.4 Å². The number of nitrogens with zero attached hydrogens (tertiary/aromatic N) is 1. The SMILES string of the molecule is Cc1ccnc(Cl)c1NC(=O)CC1(N)CCCCC1. The molecule has 1 aliphatic carbocycles. The van der Waals surface area contributed by atoms with Crippen molar-refractivity contribution in [3.63, 3.8) is 0 Å². The molecule has 1 heterocycles. The van der Waals surface area contributed by atoms with Gasteiger partial charge in [0.1, 0.15) is 0 Å². The van der Waals surface area contributed by atoms with E-state index in [1.165, 1.54) is 6.42 Å². The molecular weight excluding hydrogens is 262 g/mol. The number of carbonyl (C=O) groups is 1. The fourth-order valence-electron chi connectivity index (χ4n) is 2.61. The molecule has 0 saturated heterocycles. The molecule has 1 aliphatic rings. The molecule has 0 aromatic carbocycles. The second-order valence-electron chi connectivity index (χ2n) is 5.44. The van der Waals surface area contributed by atoms with Crippen LogP contribution in [0.15, 0.2) is 12.3 Å². The Morgan fingerprint density at radius 1 is 1.47 bits per heavy atom. The van der Waals surface area contributed by atoms with E-state index in [1.54, 1.807) is 6.20 Å². The lowest BCUT2D eigenvalue weighted by molar-refractivity contribution is -0.117. The molecule has 0 aliphatic heterocycles. The maximum absolute atomic E-state index is 12.1. The van der Waals surface area contributed by atoms with Gasteiger partial charge in [0.25, 0.3) is 0 Å². The smallest absolute Gasteiger partial charge is 0.226 e. The van der Waals surface area contributed by atoms with Gasteiger partial charge in [-0.2, -0.15) is 0 Å². The summed E-state index contributed by atoms with van der Waals surface area (Å²) in [5.41, 5.74) is 7.42. The molecular formula is C14H20ClN3O. The number of nitrogens with two attached hydrogens (primary N) is 1. The fourth-order valence-corrected chi connectivity index (χ4v) is 2.86. The quantitative estimate of drug-likeness (QED) is 0.837. The van der Waals surface area contributed by atoms with Crippen LogP contribution in [0.4, 0.5) is 5.69 Å². The lowest BCUT2D eigenvalue weighted by atomic mass is 9.80. The minimum Gasteiger partial charge on any atom is -0.325 e. The molecule has 0 radical (unpaired) electrons. The normalized spacial score (nSPS) is 18.1. The predicted octanol–water partition coefficient (Wildman–Crippen LogP) is 3.03. The van der Waals surface area contributed by atoms with Crippen molar-refractivity contribution in [2.45, 2.75) is 51.0 Å². The minimum atomic E-state index is -0.356. The Balaban J connectivity index is 2.01. The highest BCUT2D eigenvalue weighted by Gasteiger charge is 2.30. The highest BCUT2D eigenvalue weighted by atomic mass is 35.5. The van der Waals surface area contributed by atoms with E-state index < -0.39 is 0 Å². The van der Waals surface area contributed by atoms with Crippen LogP contribution in [-0.2, 0) is 4.79 Å². The summed E-state index contributed by atoms with van der Waals surface area (Å²) in [4.78, 5) is 16.1. The maximum Gasteiger partial charge on any atom is 0.226 e. The summed E-state index contributed by atoms with van der Waals surface area (Å²) in [6.07, 6.45) is 7.23. The van der Waals surface area contributed by atoms with Crippen LogP contribution in [0.5, 0.6) is 0 Å². The molecule has 5 heteroatoms. The number of carbonyl (C=O) groups excluding carboxylic acids is 1. The van der Waals surface area contributed by atoms with E-state index in [1.807, 2.05) is 13.0 Å². The summed E-state index contributed by atoms with van der Waals surface area (Å²) in [6, 6.07) is 1.82. The van der Waals surface area contributed by atoms with Crippen molar-refractivity contribution in [1.82, 2.24) is 4.98 Å². The first-order chi connectivity index (χ1) is 9.00. The molecule has 1 aromatic heterocycles. The van der Waals surface area contributed by atoms with Crippen molar-refractivity contribution < 1.29 is 4.79 Å². The second-order valence-corrected chi connectivity index (χ2v) is 5.80. The van der Waals surface area contributed by atoms with E-state index in [0.717, 1.165) is 31.2 Å². The molecule has 3 N–H and O–H groups in total. The Hall–Kier alpha value is -1.13. The van der Waals surface area contributed by atoms with Crippen molar-refractivity contribution in [2.75, 3.05) is 5.32 Å². The number of hydrogen-bond donors (Lipinski definition) is 2. The van der Waals surface area contributed by atoms with Crippen molar-refractivity contribution in [3.05, 3.63) is 23.0 Å². The zero-order chi connectivity index (χ0) is 13.9. The summed E-state index contributed by atoms with van der Waals surface area (Å²) >= 11 is 5.99. The van der Waals surface area contributed by atoms with Crippen LogP contribution in [0.25, 0.3) is 0 Å². The molecule has 19 heavy (non-hydrogen) atoms. The second kappa shape index (κ2) is 5.88. The molecule has 0 atom stereocenters. The summed E-state index contributed by atoms with van der Waals surface area (Å²) in [5, 5.41) is 3.16. The van der Waals surface area contributed by atoms with Crippen molar-refractivity contribution in [3.8, 4) is 0 Å². The largest absolute Gasteiger partial charge is 0.325 e. The molecule has 0 bridgehead atoms. The number of aryl methyl sites for hydroxylation is 1. The van der Waals surface area contributed by atoms with Crippen LogP contribution in [-0.4, -0.2) is 16.4 Å². The standard InChI is InChI=1S/C14H20ClN3O/c1-10-5-8-17-13(15)12(10)18-11(19)9-14(16)6-3-2-4-7-14/h5,8H,2-4,6-7,9,16H2,1H3,(H,18,19). The molecule has 4 nitrogen and oxygen atoms in total. The molecule has 1 amide bonds. The number of rotatable bonds is 3. The molecule has 104 valence electrons. The average molecular weight is 282 g/mol. The number of nitrogens with one attached hydrogen (secondary N) is 1. The van der Waals surface area contributed by atoms with E-state index in [9.17, 15) is 4.79 Å². The van der Waals surface area contributed by atoms with Gasteiger partial charge in [-0.3, -0.25) is 4.79 Å². The average Bonchev–Trinajstić information content (AvgIpc) is 2.34. The molecule has 0 unspecified atom stereocenters. The first kappa shape index (κ1) is 14.3. The zero-order valence-corrected chi connectivity index (χ0v) is 12.0. The number of hydrogen-bond acceptors (Lipinski definition) is 3. The van der Waals surface area contributed by atoms with Crippen LogP contribution >= 0.6 is 11.6 Å². The van der Waals surface area contributed by atoms with Gasteiger partial charge in [0.15, 0.2) is 5.15 Å². The van der Waals surface area contributed by atoms with E-state index >= 15 is 0 Å². The Labute approximate surface area is 118 Å². The molecule has 1 saturated carbocycles. The summed E-state index contributed by atoms with van der Waals surface area (Å²) in [7, 11) is 0. The monoisotopic (exact) mass is 281 g/mol. The van der Waals surface area contributed by atoms with Gasteiger partial charge in [0.05, 0.1) is 5.69 Å². The minimum absolute atomic E-state index is 0.0811. The van der Waals surface area contributed by atoms with Gasteiger partial charge in [-0.15, -0.1) is 0 Å². The van der Waals surface area contributed by atoms with E-state index in [4.69, 9.17) is 17.3 Å². The van der Waals surface area contributed by atoms with Gasteiger partial charge >= 0.3 is 0 Å². The Bertz CT molecular complexity index is 450. The number of anilines is 1. The molecule has 1 fully saturated rings. The summed E-state index contributed by atoms with van der Waals surface area (Å²) in [6.45, 7) is 1.89.